The number of aliphatic hydroxyl groups is 1. The molecule has 0 unspecified atom stereocenters. The van der Waals surface area contributed by atoms with Crippen LogP contribution in [0.2, 0.25) is 0 Å². The maximum atomic E-state index is 11.5. The molecule has 2 aliphatic rings. The van der Waals surface area contributed by atoms with Gasteiger partial charge in [0.15, 0.2) is 0 Å². The molecule has 1 aliphatic carbocycles. The van der Waals surface area contributed by atoms with Crippen LogP contribution in [0.1, 0.15) is 32.6 Å². The molecule has 0 aromatic carbocycles. The van der Waals surface area contributed by atoms with Gasteiger partial charge in [-0.1, -0.05) is 0 Å². The number of carbonyl (C=O) groups is 1. The third-order valence-corrected chi connectivity index (χ3v) is 4.15. The largest absolute Gasteiger partial charge is 0.450 e. The fourth-order valence-electron chi connectivity index (χ4n) is 3.07. The molecule has 98 valence electrons. The van der Waals surface area contributed by atoms with E-state index in [4.69, 9.17) is 9.84 Å². The molecule has 1 N–H and O–H groups in total. The van der Waals surface area contributed by atoms with Gasteiger partial charge in [0.1, 0.15) is 0 Å². The Kier molecular flexibility index (Phi) is 4.26. The van der Waals surface area contributed by atoms with E-state index >= 15 is 0 Å². The van der Waals surface area contributed by atoms with Crippen LogP contribution in [0, 0.1) is 17.8 Å². The molecule has 4 nitrogen and oxygen atoms in total. The minimum atomic E-state index is -0.159. The number of hydrogen-bond donors (Lipinski definition) is 1. The van der Waals surface area contributed by atoms with Crippen molar-refractivity contribution in [1.82, 2.24) is 4.90 Å². The Morgan fingerprint density at radius 3 is 2.71 bits per heavy atom. The van der Waals surface area contributed by atoms with Crippen LogP contribution in [0.3, 0.4) is 0 Å². The van der Waals surface area contributed by atoms with Crippen LogP contribution < -0.4 is 0 Å². The number of hydrogen-bond acceptors (Lipinski definition) is 3. The van der Waals surface area contributed by atoms with Crippen molar-refractivity contribution in [1.29, 1.82) is 0 Å². The molecule has 2 fully saturated rings. The Bertz CT molecular complexity index is 261. The van der Waals surface area contributed by atoms with E-state index in [0.717, 1.165) is 50.1 Å². The average Bonchev–Trinajstić information content (AvgIpc) is 3.10. The molecular formula is C13H23NO3. The first-order valence-corrected chi connectivity index (χ1v) is 6.78. The van der Waals surface area contributed by atoms with E-state index in [-0.39, 0.29) is 6.09 Å². The van der Waals surface area contributed by atoms with E-state index in [2.05, 4.69) is 0 Å². The molecule has 1 saturated carbocycles. The van der Waals surface area contributed by atoms with Crippen molar-refractivity contribution in [2.45, 2.75) is 32.6 Å². The Labute approximate surface area is 103 Å². The lowest BCUT2D eigenvalue weighted by molar-refractivity contribution is 0.0887. The molecular weight excluding hydrogens is 218 g/mol. The summed E-state index contributed by atoms with van der Waals surface area (Å²) in [4.78, 5) is 13.4. The third kappa shape index (κ3) is 3.12. The number of ether oxygens (including phenoxy) is 1. The summed E-state index contributed by atoms with van der Waals surface area (Å²) in [6, 6.07) is 0. The highest BCUT2D eigenvalue weighted by Crippen LogP contribution is 2.49. The monoisotopic (exact) mass is 241 g/mol. The Hall–Kier alpha value is -0.770. The molecule has 4 heteroatoms. The van der Waals surface area contributed by atoms with Crippen LogP contribution in [0.5, 0.6) is 0 Å². The van der Waals surface area contributed by atoms with E-state index < -0.39 is 0 Å². The normalized spacial score (nSPS) is 29.2. The van der Waals surface area contributed by atoms with Gasteiger partial charge >= 0.3 is 6.09 Å². The fraction of sp³-hybridized carbons (Fsp3) is 0.923. The second-order valence-electron chi connectivity index (χ2n) is 5.20. The predicted octanol–water partition coefficient (Wildman–Crippen LogP) is 1.87. The number of amides is 1. The molecule has 2 rings (SSSR count). The summed E-state index contributed by atoms with van der Waals surface area (Å²) < 4.78 is 5.01. The van der Waals surface area contributed by atoms with Crippen LogP contribution in [-0.4, -0.2) is 42.4 Å². The minimum absolute atomic E-state index is 0.159. The highest BCUT2D eigenvalue weighted by Gasteiger charge is 2.43. The number of rotatable bonds is 4. The summed E-state index contributed by atoms with van der Waals surface area (Å²) >= 11 is 0. The quantitative estimate of drug-likeness (QED) is 0.817. The summed E-state index contributed by atoms with van der Waals surface area (Å²) in [7, 11) is 0. The number of nitrogens with zero attached hydrogens (tertiary/aromatic N) is 1. The molecule has 0 aromatic heterocycles. The molecule has 0 bridgehead atoms. The van der Waals surface area contributed by atoms with Crippen molar-refractivity contribution in [3.05, 3.63) is 0 Å². The second-order valence-corrected chi connectivity index (χ2v) is 5.20. The van der Waals surface area contributed by atoms with Crippen LogP contribution in [0.4, 0.5) is 4.79 Å². The van der Waals surface area contributed by atoms with Gasteiger partial charge in [0.2, 0.25) is 0 Å². The van der Waals surface area contributed by atoms with E-state index in [1.165, 1.54) is 6.42 Å². The van der Waals surface area contributed by atoms with Gasteiger partial charge in [-0.3, -0.25) is 0 Å². The predicted molar refractivity (Wildman–Crippen MR) is 64.6 cm³/mol. The lowest BCUT2D eigenvalue weighted by Crippen LogP contribution is -2.39. The van der Waals surface area contributed by atoms with Crippen molar-refractivity contribution < 1.29 is 14.6 Å². The molecule has 0 spiro atoms. The Morgan fingerprint density at radius 2 is 2.12 bits per heavy atom. The SMILES string of the molecule is CCOC(=O)N1CCC([C@H]2C[C@H]2CCO)CC1. The third-order valence-electron chi connectivity index (χ3n) is 4.15. The summed E-state index contributed by atoms with van der Waals surface area (Å²) in [6.45, 7) is 4.30. The highest BCUT2D eigenvalue weighted by atomic mass is 16.6. The zero-order chi connectivity index (χ0) is 12.3. The van der Waals surface area contributed by atoms with E-state index in [0.29, 0.717) is 13.2 Å². The van der Waals surface area contributed by atoms with Crippen LogP contribution >= 0.6 is 0 Å². The molecule has 17 heavy (non-hydrogen) atoms. The van der Waals surface area contributed by atoms with E-state index in [1.807, 2.05) is 11.8 Å². The van der Waals surface area contributed by atoms with Crippen LogP contribution in [-0.2, 0) is 4.74 Å². The number of aliphatic hydroxyl groups excluding tert-OH is 1. The number of piperidine rings is 1. The lowest BCUT2D eigenvalue weighted by atomic mass is 9.91. The summed E-state index contributed by atoms with van der Waals surface area (Å²) in [5.41, 5.74) is 0. The van der Waals surface area contributed by atoms with Gasteiger partial charge < -0.3 is 14.7 Å². The molecule has 0 radical (unpaired) electrons. The maximum absolute atomic E-state index is 11.5. The molecule has 1 heterocycles. The van der Waals surface area contributed by atoms with Crippen molar-refractivity contribution >= 4 is 6.09 Å². The molecule has 2 atom stereocenters. The molecule has 0 aromatic rings. The van der Waals surface area contributed by atoms with E-state index in [9.17, 15) is 4.79 Å². The lowest BCUT2D eigenvalue weighted by Gasteiger charge is -2.31. The van der Waals surface area contributed by atoms with Gasteiger partial charge in [-0.15, -0.1) is 0 Å². The molecule has 1 amide bonds. The maximum Gasteiger partial charge on any atom is 0.409 e. The first kappa shape index (κ1) is 12.7. The Balaban J connectivity index is 1.70. The highest BCUT2D eigenvalue weighted by molar-refractivity contribution is 5.67. The van der Waals surface area contributed by atoms with Gasteiger partial charge in [0, 0.05) is 19.7 Å². The van der Waals surface area contributed by atoms with Crippen molar-refractivity contribution in [2.75, 3.05) is 26.3 Å². The van der Waals surface area contributed by atoms with Crippen LogP contribution in [0.15, 0.2) is 0 Å². The van der Waals surface area contributed by atoms with Crippen molar-refractivity contribution in [3.63, 3.8) is 0 Å². The zero-order valence-corrected chi connectivity index (χ0v) is 10.6. The van der Waals surface area contributed by atoms with Gasteiger partial charge in [-0.05, 0) is 50.4 Å². The molecule has 1 saturated heterocycles. The second kappa shape index (κ2) is 5.71. The standard InChI is InChI=1S/C13H23NO3/c1-2-17-13(16)14-6-3-10(4-7-14)12-9-11(12)5-8-15/h10-12,15H,2-9H2,1H3/t11-,12-/m1/s1. The van der Waals surface area contributed by atoms with Gasteiger partial charge in [0.05, 0.1) is 6.61 Å². The molecule has 1 aliphatic heterocycles. The van der Waals surface area contributed by atoms with Gasteiger partial charge in [0.25, 0.3) is 0 Å². The summed E-state index contributed by atoms with van der Waals surface area (Å²) in [5.74, 6) is 2.32. The van der Waals surface area contributed by atoms with Crippen molar-refractivity contribution in [2.24, 2.45) is 17.8 Å². The Morgan fingerprint density at radius 1 is 1.41 bits per heavy atom. The van der Waals surface area contributed by atoms with Crippen LogP contribution in [0.25, 0.3) is 0 Å². The van der Waals surface area contributed by atoms with Gasteiger partial charge in [-0.25, -0.2) is 4.79 Å². The minimum Gasteiger partial charge on any atom is -0.450 e. The smallest absolute Gasteiger partial charge is 0.409 e. The summed E-state index contributed by atoms with van der Waals surface area (Å²) in [5, 5.41) is 8.90. The topological polar surface area (TPSA) is 49.8 Å². The first-order chi connectivity index (χ1) is 8.26. The first-order valence-electron chi connectivity index (χ1n) is 6.78. The zero-order valence-electron chi connectivity index (χ0n) is 10.6. The number of likely N-dealkylation sites (tertiary alicyclic amines) is 1. The van der Waals surface area contributed by atoms with Crippen molar-refractivity contribution in [3.8, 4) is 0 Å². The average molecular weight is 241 g/mol. The van der Waals surface area contributed by atoms with E-state index in [1.54, 1.807) is 0 Å². The summed E-state index contributed by atoms with van der Waals surface area (Å²) in [6.07, 6.45) is 4.29. The van der Waals surface area contributed by atoms with Gasteiger partial charge in [-0.2, -0.15) is 0 Å². The number of carbonyl (C=O) groups excluding carboxylic acids is 1. The fourth-order valence-corrected chi connectivity index (χ4v) is 3.07.